The van der Waals surface area contributed by atoms with E-state index in [1.807, 2.05) is 49.4 Å². The number of carbonyl (C=O) groups excluding carboxylic acids is 1. The molecule has 7 nitrogen and oxygen atoms in total. The van der Waals surface area contributed by atoms with E-state index >= 15 is 0 Å². The van der Waals surface area contributed by atoms with Gasteiger partial charge in [-0.3, -0.25) is 19.2 Å². The highest BCUT2D eigenvalue weighted by molar-refractivity contribution is 5.91. The summed E-state index contributed by atoms with van der Waals surface area (Å²) in [5.41, 5.74) is 1.81. The fraction of sp³-hybridized carbons (Fsp3) is 0.333. The van der Waals surface area contributed by atoms with E-state index in [-0.39, 0.29) is 11.6 Å². The minimum Gasteiger partial charge on any atom is -0.408 e. The first kappa shape index (κ1) is 28.5. The van der Waals surface area contributed by atoms with Crippen LogP contribution in [0.1, 0.15) is 44.5 Å². The molecule has 1 aliphatic rings. The molecule has 1 fully saturated rings. The smallest absolute Gasteiger partial charge is 0.408 e. The topological polar surface area (TPSA) is 66.8 Å². The number of nitrogens with one attached hydrogen (secondary N) is 1. The van der Waals surface area contributed by atoms with Crippen molar-refractivity contribution < 1.29 is 13.9 Å². The lowest BCUT2D eigenvalue weighted by Gasteiger charge is -2.37. The number of hydrogen-bond acceptors (Lipinski definition) is 5. The summed E-state index contributed by atoms with van der Waals surface area (Å²) in [5, 5.41) is 3.99. The maximum absolute atomic E-state index is 14.0. The molecule has 0 unspecified atom stereocenters. The first-order valence-electron chi connectivity index (χ1n) is 14.3. The summed E-state index contributed by atoms with van der Waals surface area (Å²) in [6.45, 7) is 10.2. The summed E-state index contributed by atoms with van der Waals surface area (Å²) >= 11 is 0. The van der Waals surface area contributed by atoms with Crippen LogP contribution in [0.5, 0.6) is 5.75 Å². The third-order valence-corrected chi connectivity index (χ3v) is 7.83. The first-order chi connectivity index (χ1) is 19.9. The van der Waals surface area contributed by atoms with Gasteiger partial charge >= 0.3 is 6.09 Å². The van der Waals surface area contributed by atoms with E-state index in [1.54, 1.807) is 28.8 Å². The van der Waals surface area contributed by atoms with Gasteiger partial charge in [-0.1, -0.05) is 55.5 Å². The Hall–Kier alpha value is -4.01. The molecule has 8 heteroatoms. The summed E-state index contributed by atoms with van der Waals surface area (Å²) in [4.78, 5) is 32.1. The highest BCUT2D eigenvalue weighted by Gasteiger charge is 2.26. The number of fused-ring (bicyclic) bond motifs is 1. The molecule has 0 bridgehead atoms. The van der Waals surface area contributed by atoms with Gasteiger partial charge in [0.15, 0.2) is 5.75 Å². The largest absolute Gasteiger partial charge is 0.413 e. The molecular weight excluding hydrogens is 519 g/mol. The lowest BCUT2D eigenvalue weighted by atomic mass is 10.1. The molecule has 4 aromatic rings. The van der Waals surface area contributed by atoms with Crippen LogP contribution in [-0.4, -0.2) is 52.7 Å². The van der Waals surface area contributed by atoms with Crippen LogP contribution >= 0.6 is 0 Å². The number of nitrogens with zero attached hydrogens (tertiary/aromatic N) is 3. The van der Waals surface area contributed by atoms with Gasteiger partial charge in [0.05, 0.1) is 17.1 Å². The number of benzene rings is 3. The third kappa shape index (κ3) is 6.34. The second-order valence-corrected chi connectivity index (χ2v) is 10.7. The van der Waals surface area contributed by atoms with Gasteiger partial charge in [-0.25, -0.2) is 9.18 Å². The van der Waals surface area contributed by atoms with Crippen molar-refractivity contribution >= 4 is 16.9 Å². The zero-order valence-electron chi connectivity index (χ0n) is 23.8. The molecule has 3 aromatic carbocycles. The first-order valence-corrected chi connectivity index (χ1v) is 14.3. The van der Waals surface area contributed by atoms with Crippen LogP contribution in [0.2, 0.25) is 0 Å². The second kappa shape index (κ2) is 12.7. The van der Waals surface area contributed by atoms with Gasteiger partial charge in [0.25, 0.3) is 5.56 Å². The van der Waals surface area contributed by atoms with Crippen LogP contribution in [0.3, 0.4) is 0 Å². The van der Waals surface area contributed by atoms with Crippen molar-refractivity contribution in [1.82, 2.24) is 19.7 Å². The molecule has 5 rings (SSSR count). The number of ether oxygens (including phenoxy) is 1. The Balaban J connectivity index is 1.58. The van der Waals surface area contributed by atoms with Crippen LogP contribution in [0, 0.1) is 5.82 Å². The van der Waals surface area contributed by atoms with Crippen molar-refractivity contribution in [1.29, 1.82) is 0 Å². The van der Waals surface area contributed by atoms with Crippen LogP contribution in [-0.2, 0) is 6.54 Å². The van der Waals surface area contributed by atoms with Gasteiger partial charge in [-0.2, -0.15) is 0 Å². The van der Waals surface area contributed by atoms with Crippen LogP contribution in [0.15, 0.2) is 83.7 Å². The van der Waals surface area contributed by atoms with E-state index in [1.165, 1.54) is 12.1 Å². The number of halogens is 1. The lowest BCUT2D eigenvalue weighted by molar-refractivity contribution is 0.102. The molecule has 0 spiro atoms. The average Bonchev–Trinajstić information content (AvgIpc) is 2.99. The quantitative estimate of drug-likeness (QED) is 0.293. The van der Waals surface area contributed by atoms with E-state index < -0.39 is 11.9 Å². The fourth-order valence-corrected chi connectivity index (χ4v) is 5.51. The average molecular weight is 557 g/mol. The number of aromatic nitrogens is 1. The van der Waals surface area contributed by atoms with Crippen LogP contribution in [0.4, 0.5) is 9.18 Å². The van der Waals surface area contributed by atoms with E-state index in [9.17, 15) is 14.0 Å². The normalized spacial score (nSPS) is 15.2. The molecule has 1 aliphatic heterocycles. The number of pyridine rings is 1. The molecule has 214 valence electrons. The summed E-state index contributed by atoms with van der Waals surface area (Å²) in [7, 11) is 0. The Labute approximate surface area is 240 Å². The number of hydrogen-bond donors (Lipinski definition) is 1. The van der Waals surface area contributed by atoms with Crippen molar-refractivity contribution in [3.8, 4) is 11.4 Å². The van der Waals surface area contributed by atoms with E-state index in [2.05, 4.69) is 29.0 Å². The summed E-state index contributed by atoms with van der Waals surface area (Å²) in [5.74, 6) is -0.0625. The van der Waals surface area contributed by atoms with Gasteiger partial charge < -0.3 is 10.1 Å². The standard InChI is InChI=1S/C33H37FN4O3/c1-4-29(24-10-6-5-7-11-24)35-33(40)41-31-27-12-8-9-13-28(27)32(39)38(26-16-14-25(34)15-17-26)30(31)22-36-18-20-37(21-19-36)23(2)3/h5-17,23,29H,4,18-22H2,1-3H3,(H,35,40)/t29-/m0/s1. The van der Waals surface area contributed by atoms with Crippen LogP contribution < -0.4 is 15.6 Å². The fourth-order valence-electron chi connectivity index (χ4n) is 5.51. The number of carbonyl (C=O) groups is 1. The lowest BCUT2D eigenvalue weighted by Crippen LogP contribution is -2.48. The highest BCUT2D eigenvalue weighted by atomic mass is 19.1. The molecular formula is C33H37FN4O3. The summed E-state index contributed by atoms with van der Waals surface area (Å²) < 4.78 is 21.6. The second-order valence-electron chi connectivity index (χ2n) is 10.7. The number of rotatable bonds is 8. The van der Waals surface area contributed by atoms with Crippen molar-refractivity contribution in [3.63, 3.8) is 0 Å². The van der Waals surface area contributed by atoms with Gasteiger partial charge in [0, 0.05) is 49.8 Å². The Morgan fingerprint density at radius 3 is 2.17 bits per heavy atom. The Morgan fingerprint density at radius 2 is 1.54 bits per heavy atom. The zero-order chi connectivity index (χ0) is 28.9. The molecule has 2 heterocycles. The number of piperazine rings is 1. The van der Waals surface area contributed by atoms with Crippen molar-refractivity contribution in [2.45, 2.75) is 45.8 Å². The molecule has 41 heavy (non-hydrogen) atoms. The maximum Gasteiger partial charge on any atom is 0.413 e. The van der Waals surface area contributed by atoms with Gasteiger partial charge in [-0.15, -0.1) is 0 Å². The van der Waals surface area contributed by atoms with Crippen LogP contribution in [0.25, 0.3) is 16.5 Å². The molecule has 0 saturated carbocycles. The molecule has 1 atom stereocenters. The van der Waals surface area contributed by atoms with Crippen molar-refractivity contribution in [2.75, 3.05) is 26.2 Å². The molecule has 0 radical (unpaired) electrons. The zero-order valence-corrected chi connectivity index (χ0v) is 23.8. The van der Waals surface area contributed by atoms with E-state index in [4.69, 9.17) is 4.74 Å². The summed E-state index contributed by atoms with van der Waals surface area (Å²) in [6, 6.07) is 23.0. The highest BCUT2D eigenvalue weighted by Crippen LogP contribution is 2.31. The van der Waals surface area contributed by atoms with Gasteiger partial charge in [0.2, 0.25) is 0 Å². The predicted molar refractivity (Wildman–Crippen MR) is 160 cm³/mol. The van der Waals surface area contributed by atoms with Gasteiger partial charge in [-0.05, 0) is 56.2 Å². The minimum absolute atomic E-state index is 0.231. The predicted octanol–water partition coefficient (Wildman–Crippen LogP) is 5.90. The number of amides is 1. The van der Waals surface area contributed by atoms with Crippen molar-refractivity contribution in [3.05, 3.63) is 106 Å². The Bertz CT molecular complexity index is 1550. The maximum atomic E-state index is 14.0. The molecule has 1 aromatic heterocycles. The molecule has 0 aliphatic carbocycles. The Kier molecular flexibility index (Phi) is 8.81. The Morgan fingerprint density at radius 1 is 0.902 bits per heavy atom. The minimum atomic E-state index is -0.596. The summed E-state index contributed by atoms with van der Waals surface area (Å²) in [6.07, 6.45) is 0.0862. The SMILES string of the molecule is CC[C@H](NC(=O)Oc1c(CN2CCN(C(C)C)CC2)n(-c2ccc(F)cc2)c(=O)c2ccccc12)c1ccccc1. The van der Waals surface area contributed by atoms with Crippen molar-refractivity contribution in [2.24, 2.45) is 0 Å². The molecule has 1 amide bonds. The monoisotopic (exact) mass is 556 g/mol. The van der Waals surface area contributed by atoms with E-state index in [0.717, 1.165) is 31.7 Å². The molecule has 1 saturated heterocycles. The third-order valence-electron chi connectivity index (χ3n) is 7.83. The molecule has 1 N–H and O–H groups in total. The van der Waals surface area contributed by atoms with E-state index in [0.29, 0.717) is 46.9 Å². The van der Waals surface area contributed by atoms with Gasteiger partial charge in [0.1, 0.15) is 5.82 Å².